The molecule has 0 aliphatic carbocycles. The van der Waals surface area contributed by atoms with Crippen molar-refractivity contribution in [2.45, 2.75) is 46.8 Å². The number of aliphatic imine (C=N–C) groups is 1. The molecular weight excluding hydrogens is 471 g/mol. The summed E-state index contributed by atoms with van der Waals surface area (Å²) in [5.74, 6) is 0.850. The number of nitrogens with one attached hydrogen (secondary N) is 2. The quantitative estimate of drug-likeness (QED) is 0.219. The lowest BCUT2D eigenvalue weighted by molar-refractivity contribution is 0.117. The highest BCUT2D eigenvalue weighted by atomic mass is 127. The van der Waals surface area contributed by atoms with Gasteiger partial charge in [0.1, 0.15) is 5.01 Å². The number of ether oxygens (including phenoxy) is 1. The summed E-state index contributed by atoms with van der Waals surface area (Å²) in [6.45, 7) is 10.0. The van der Waals surface area contributed by atoms with Gasteiger partial charge in [-0.1, -0.05) is 30.3 Å². The third-order valence-corrected chi connectivity index (χ3v) is 4.97. The molecule has 0 bridgehead atoms. The van der Waals surface area contributed by atoms with Crippen molar-refractivity contribution < 1.29 is 4.74 Å². The summed E-state index contributed by atoms with van der Waals surface area (Å²) in [4.78, 5) is 10.4. The molecule has 5 nitrogen and oxygen atoms in total. The van der Waals surface area contributed by atoms with Gasteiger partial charge in [-0.15, -0.1) is 35.3 Å². The fourth-order valence-electron chi connectivity index (χ4n) is 2.40. The Morgan fingerprint density at radius 2 is 1.93 bits per heavy atom. The first-order valence-corrected chi connectivity index (χ1v) is 10.1. The van der Waals surface area contributed by atoms with Gasteiger partial charge >= 0.3 is 0 Å². The summed E-state index contributed by atoms with van der Waals surface area (Å²) >= 11 is 1.72. The number of rotatable bonds is 10. The maximum absolute atomic E-state index is 5.71. The lowest BCUT2D eigenvalue weighted by atomic mass is 10.2. The molecule has 2 rings (SSSR count). The summed E-state index contributed by atoms with van der Waals surface area (Å²) in [6, 6.07) is 10.3. The molecule has 2 N–H and O–H groups in total. The van der Waals surface area contributed by atoms with Crippen LogP contribution < -0.4 is 10.6 Å². The van der Waals surface area contributed by atoms with Gasteiger partial charge in [0, 0.05) is 24.6 Å². The number of guanidine groups is 1. The van der Waals surface area contributed by atoms with Crippen molar-refractivity contribution in [1.82, 2.24) is 15.6 Å². The summed E-state index contributed by atoms with van der Waals surface area (Å²) in [5.41, 5.74) is 2.33. The van der Waals surface area contributed by atoms with Crippen LogP contribution in [0.15, 0.2) is 35.3 Å². The second kappa shape index (κ2) is 13.9. The van der Waals surface area contributed by atoms with E-state index in [4.69, 9.17) is 4.74 Å². The number of thiazole rings is 1. The predicted molar refractivity (Wildman–Crippen MR) is 125 cm³/mol. The normalized spacial score (nSPS) is 11.1. The Balaban J connectivity index is 0.00000364. The van der Waals surface area contributed by atoms with Gasteiger partial charge in [0.2, 0.25) is 0 Å². The van der Waals surface area contributed by atoms with Gasteiger partial charge in [0.05, 0.1) is 18.8 Å². The standard InChI is InChI=1S/C20H30N4OS.HI/c1-4-21-20(23-14-19-24-16(2)17(3)26-19)22-12-8-9-13-25-15-18-10-6-5-7-11-18;/h5-7,10-11H,4,8-9,12-15H2,1-3H3,(H2,21,22,23);1H. The molecule has 0 aliphatic rings. The molecule has 0 atom stereocenters. The summed E-state index contributed by atoms with van der Waals surface area (Å²) < 4.78 is 5.71. The average molecular weight is 502 g/mol. The van der Waals surface area contributed by atoms with Crippen molar-refractivity contribution in [2.24, 2.45) is 4.99 Å². The summed E-state index contributed by atoms with van der Waals surface area (Å²) in [7, 11) is 0. The van der Waals surface area contributed by atoms with Crippen LogP contribution in [0.5, 0.6) is 0 Å². The van der Waals surface area contributed by atoms with Crippen molar-refractivity contribution in [1.29, 1.82) is 0 Å². The smallest absolute Gasteiger partial charge is 0.191 e. The van der Waals surface area contributed by atoms with Gasteiger partial charge in [0.25, 0.3) is 0 Å². The third-order valence-electron chi connectivity index (χ3n) is 3.91. The maximum Gasteiger partial charge on any atom is 0.191 e. The van der Waals surface area contributed by atoms with Gasteiger partial charge in [-0.2, -0.15) is 0 Å². The molecule has 1 heterocycles. The van der Waals surface area contributed by atoms with E-state index in [1.165, 1.54) is 10.4 Å². The zero-order valence-electron chi connectivity index (χ0n) is 16.5. The second-order valence-corrected chi connectivity index (χ2v) is 7.40. The zero-order valence-corrected chi connectivity index (χ0v) is 19.6. The molecule has 0 unspecified atom stereocenters. The number of aryl methyl sites for hydroxylation is 2. The first-order chi connectivity index (χ1) is 12.7. The Labute approximate surface area is 184 Å². The topological polar surface area (TPSA) is 58.5 Å². The van der Waals surface area contributed by atoms with Crippen molar-refractivity contribution >= 4 is 41.3 Å². The van der Waals surface area contributed by atoms with Gasteiger partial charge < -0.3 is 15.4 Å². The molecule has 2 aromatic rings. The minimum Gasteiger partial charge on any atom is -0.377 e. The van der Waals surface area contributed by atoms with Crippen LogP contribution in [0.1, 0.15) is 40.9 Å². The highest BCUT2D eigenvalue weighted by Gasteiger charge is 2.03. The van der Waals surface area contributed by atoms with Gasteiger partial charge in [-0.3, -0.25) is 0 Å². The van der Waals surface area contributed by atoms with E-state index in [0.717, 1.165) is 49.2 Å². The molecule has 0 saturated carbocycles. The molecule has 150 valence electrons. The first kappa shape index (κ1) is 23.8. The Hall–Kier alpha value is -1.19. The van der Waals surface area contributed by atoms with Gasteiger partial charge in [-0.25, -0.2) is 9.98 Å². The van der Waals surface area contributed by atoms with E-state index < -0.39 is 0 Å². The van der Waals surface area contributed by atoms with E-state index >= 15 is 0 Å². The van der Waals surface area contributed by atoms with Crippen LogP contribution in [0.4, 0.5) is 0 Å². The van der Waals surface area contributed by atoms with Crippen LogP contribution in [0.2, 0.25) is 0 Å². The molecule has 0 amide bonds. The minimum absolute atomic E-state index is 0. The number of benzene rings is 1. The number of hydrogen-bond acceptors (Lipinski definition) is 4. The van der Waals surface area contributed by atoms with Gasteiger partial charge in [0.15, 0.2) is 5.96 Å². The van der Waals surface area contributed by atoms with Crippen molar-refractivity contribution in [3.05, 3.63) is 51.5 Å². The molecule has 0 aliphatic heterocycles. The maximum atomic E-state index is 5.71. The van der Waals surface area contributed by atoms with E-state index in [2.05, 4.69) is 46.6 Å². The lowest BCUT2D eigenvalue weighted by Gasteiger charge is -2.11. The largest absolute Gasteiger partial charge is 0.377 e. The molecule has 7 heteroatoms. The van der Waals surface area contributed by atoms with E-state index in [0.29, 0.717) is 13.2 Å². The molecular formula is C20H31IN4OS. The van der Waals surface area contributed by atoms with Crippen LogP contribution in [0.3, 0.4) is 0 Å². The van der Waals surface area contributed by atoms with E-state index in [1.807, 2.05) is 25.1 Å². The monoisotopic (exact) mass is 502 g/mol. The average Bonchev–Trinajstić information content (AvgIpc) is 2.97. The first-order valence-electron chi connectivity index (χ1n) is 9.25. The predicted octanol–water partition coefficient (Wildman–Crippen LogP) is 4.43. The van der Waals surface area contributed by atoms with Crippen molar-refractivity contribution in [2.75, 3.05) is 19.7 Å². The van der Waals surface area contributed by atoms with Crippen LogP contribution >= 0.6 is 35.3 Å². The second-order valence-electron chi connectivity index (χ2n) is 6.12. The molecule has 1 aromatic heterocycles. The Morgan fingerprint density at radius 1 is 1.15 bits per heavy atom. The highest BCUT2D eigenvalue weighted by Crippen LogP contribution is 2.16. The number of hydrogen-bond donors (Lipinski definition) is 2. The SMILES string of the molecule is CCNC(=NCc1nc(C)c(C)s1)NCCCCOCc1ccccc1.I. The molecule has 0 fully saturated rings. The van der Waals surface area contributed by atoms with Crippen LogP contribution in [-0.2, 0) is 17.9 Å². The van der Waals surface area contributed by atoms with Crippen LogP contribution in [0, 0.1) is 13.8 Å². The fourth-order valence-corrected chi connectivity index (χ4v) is 3.25. The molecule has 0 radical (unpaired) electrons. The van der Waals surface area contributed by atoms with Crippen LogP contribution in [-0.4, -0.2) is 30.6 Å². The summed E-state index contributed by atoms with van der Waals surface area (Å²) in [5, 5.41) is 7.73. The number of unbranched alkanes of at least 4 members (excludes halogenated alkanes) is 1. The molecule has 27 heavy (non-hydrogen) atoms. The minimum atomic E-state index is 0. The van der Waals surface area contributed by atoms with Crippen molar-refractivity contribution in [3.63, 3.8) is 0 Å². The Bertz CT molecular complexity index is 656. The number of halogens is 1. The fraction of sp³-hybridized carbons (Fsp3) is 0.500. The van der Waals surface area contributed by atoms with E-state index in [1.54, 1.807) is 11.3 Å². The molecule has 1 aromatic carbocycles. The van der Waals surface area contributed by atoms with Gasteiger partial charge in [-0.05, 0) is 39.2 Å². The van der Waals surface area contributed by atoms with E-state index in [9.17, 15) is 0 Å². The highest BCUT2D eigenvalue weighted by molar-refractivity contribution is 14.0. The zero-order chi connectivity index (χ0) is 18.6. The third kappa shape index (κ3) is 9.53. The molecule has 0 spiro atoms. The van der Waals surface area contributed by atoms with Crippen molar-refractivity contribution in [3.8, 4) is 0 Å². The van der Waals surface area contributed by atoms with Crippen LogP contribution in [0.25, 0.3) is 0 Å². The Morgan fingerprint density at radius 3 is 2.59 bits per heavy atom. The van der Waals surface area contributed by atoms with E-state index in [-0.39, 0.29) is 24.0 Å². The number of nitrogens with zero attached hydrogens (tertiary/aromatic N) is 2. The number of aromatic nitrogens is 1. The molecule has 0 saturated heterocycles. The summed E-state index contributed by atoms with van der Waals surface area (Å²) in [6.07, 6.45) is 2.08. The Kier molecular flexibility index (Phi) is 12.3. The lowest BCUT2D eigenvalue weighted by Crippen LogP contribution is -2.37.